The van der Waals surface area contributed by atoms with Gasteiger partial charge in [-0.3, -0.25) is 0 Å². The van der Waals surface area contributed by atoms with Crippen LogP contribution in [-0.4, -0.2) is 25.7 Å². The van der Waals surface area contributed by atoms with Gasteiger partial charge in [-0.15, -0.1) is 0 Å². The van der Waals surface area contributed by atoms with E-state index in [9.17, 15) is 13.5 Å². The van der Waals surface area contributed by atoms with Gasteiger partial charge in [-0.1, -0.05) is 12.1 Å². The molecule has 108 valence electrons. The quantitative estimate of drug-likeness (QED) is 0.712. The summed E-state index contributed by atoms with van der Waals surface area (Å²) in [5.74, 6) is 0. The van der Waals surface area contributed by atoms with Crippen molar-refractivity contribution in [1.29, 1.82) is 0 Å². The maximum Gasteiger partial charge on any atom is 0.243 e. The Balaban J connectivity index is 3.11. The van der Waals surface area contributed by atoms with Gasteiger partial charge >= 0.3 is 0 Å². The Morgan fingerprint density at radius 1 is 1.26 bits per heavy atom. The Morgan fingerprint density at radius 2 is 1.79 bits per heavy atom. The first-order chi connectivity index (χ1) is 8.65. The maximum atomic E-state index is 12.3. The zero-order valence-electron chi connectivity index (χ0n) is 11.8. The van der Waals surface area contributed by atoms with E-state index in [-0.39, 0.29) is 16.6 Å². The van der Waals surface area contributed by atoms with Gasteiger partial charge in [-0.25, -0.2) is 13.1 Å². The fourth-order valence-electron chi connectivity index (χ4n) is 2.05. The summed E-state index contributed by atoms with van der Waals surface area (Å²) >= 11 is 0. The standard InChI is InChI=1S/C13H22N2O3S/c1-8-5-6-9(2)13(12(8)14)19(17,18)15-10(3)7-11(4)16/h5-6,10-11,15-16H,7,14H2,1-4H3. The Hall–Kier alpha value is -1.11. The van der Waals surface area contributed by atoms with Gasteiger partial charge in [0, 0.05) is 6.04 Å². The van der Waals surface area contributed by atoms with Gasteiger partial charge in [0.25, 0.3) is 0 Å². The van der Waals surface area contributed by atoms with E-state index in [1.807, 2.05) is 0 Å². The summed E-state index contributed by atoms with van der Waals surface area (Å²) in [6.07, 6.45) is -0.210. The lowest BCUT2D eigenvalue weighted by Gasteiger charge is -2.18. The minimum Gasteiger partial charge on any atom is -0.397 e. The number of sulfonamides is 1. The number of hydrogen-bond donors (Lipinski definition) is 3. The van der Waals surface area contributed by atoms with Gasteiger partial charge in [0.15, 0.2) is 0 Å². The van der Waals surface area contributed by atoms with Crippen LogP contribution in [0.25, 0.3) is 0 Å². The highest BCUT2D eigenvalue weighted by Gasteiger charge is 2.23. The molecule has 6 heteroatoms. The Kier molecular flexibility index (Phi) is 4.95. The normalized spacial score (nSPS) is 15.2. The molecule has 5 nitrogen and oxygen atoms in total. The average molecular weight is 286 g/mol. The number of hydrogen-bond acceptors (Lipinski definition) is 4. The van der Waals surface area contributed by atoms with Crippen molar-refractivity contribution < 1.29 is 13.5 Å². The fourth-order valence-corrected chi connectivity index (χ4v) is 3.73. The highest BCUT2D eigenvalue weighted by atomic mass is 32.2. The number of nitrogens with two attached hydrogens (primary N) is 1. The molecule has 2 unspecified atom stereocenters. The predicted octanol–water partition coefficient (Wildman–Crippen LogP) is 1.32. The summed E-state index contributed by atoms with van der Waals surface area (Å²) in [6, 6.07) is 3.17. The van der Waals surface area contributed by atoms with Crippen molar-refractivity contribution in [2.45, 2.75) is 51.2 Å². The number of aryl methyl sites for hydroxylation is 2. The van der Waals surface area contributed by atoms with Crippen LogP contribution in [0, 0.1) is 13.8 Å². The molecule has 0 aliphatic heterocycles. The van der Waals surface area contributed by atoms with Crippen molar-refractivity contribution in [1.82, 2.24) is 4.72 Å². The van der Waals surface area contributed by atoms with Crippen molar-refractivity contribution in [2.75, 3.05) is 5.73 Å². The zero-order chi connectivity index (χ0) is 14.8. The first kappa shape index (κ1) is 15.9. The van der Waals surface area contributed by atoms with Crippen molar-refractivity contribution >= 4 is 15.7 Å². The van der Waals surface area contributed by atoms with Gasteiger partial charge in [0.05, 0.1) is 11.8 Å². The van der Waals surface area contributed by atoms with Crippen LogP contribution in [0.15, 0.2) is 17.0 Å². The van der Waals surface area contributed by atoms with E-state index in [4.69, 9.17) is 5.73 Å². The van der Waals surface area contributed by atoms with Crippen LogP contribution in [0.3, 0.4) is 0 Å². The number of aliphatic hydroxyl groups is 1. The second kappa shape index (κ2) is 5.90. The summed E-state index contributed by atoms with van der Waals surface area (Å²) in [5.41, 5.74) is 7.49. The van der Waals surface area contributed by atoms with E-state index in [2.05, 4.69) is 4.72 Å². The molecule has 0 saturated carbocycles. The van der Waals surface area contributed by atoms with E-state index in [1.54, 1.807) is 39.8 Å². The van der Waals surface area contributed by atoms with Crippen LogP contribution in [0.5, 0.6) is 0 Å². The van der Waals surface area contributed by atoms with Crippen LogP contribution in [-0.2, 0) is 10.0 Å². The second-order valence-corrected chi connectivity index (χ2v) is 6.70. The number of benzene rings is 1. The Labute approximate surface area is 114 Å². The topological polar surface area (TPSA) is 92.4 Å². The molecule has 0 heterocycles. The molecule has 0 amide bonds. The van der Waals surface area contributed by atoms with Crippen molar-refractivity contribution in [2.24, 2.45) is 0 Å². The summed E-state index contributed by atoms with van der Waals surface area (Å²) < 4.78 is 27.2. The average Bonchev–Trinajstić information content (AvgIpc) is 2.21. The van der Waals surface area contributed by atoms with E-state index < -0.39 is 16.1 Å². The van der Waals surface area contributed by atoms with Gasteiger partial charge in [0.1, 0.15) is 4.90 Å². The number of anilines is 1. The molecular weight excluding hydrogens is 264 g/mol. The van der Waals surface area contributed by atoms with E-state index >= 15 is 0 Å². The molecule has 19 heavy (non-hydrogen) atoms. The minimum absolute atomic E-state index is 0.130. The van der Waals surface area contributed by atoms with Gasteiger partial charge in [-0.2, -0.15) is 0 Å². The molecule has 1 rings (SSSR count). The van der Waals surface area contributed by atoms with E-state index in [0.29, 0.717) is 12.0 Å². The lowest BCUT2D eigenvalue weighted by Crippen LogP contribution is -2.35. The smallest absolute Gasteiger partial charge is 0.243 e. The van der Waals surface area contributed by atoms with Crippen LogP contribution in [0.1, 0.15) is 31.4 Å². The highest BCUT2D eigenvalue weighted by molar-refractivity contribution is 7.89. The summed E-state index contributed by atoms with van der Waals surface area (Å²) in [7, 11) is -3.68. The van der Waals surface area contributed by atoms with Crippen LogP contribution in [0.2, 0.25) is 0 Å². The lowest BCUT2D eigenvalue weighted by molar-refractivity contribution is 0.175. The third-order valence-electron chi connectivity index (χ3n) is 2.93. The van der Waals surface area contributed by atoms with Gasteiger partial charge in [0.2, 0.25) is 10.0 Å². The highest BCUT2D eigenvalue weighted by Crippen LogP contribution is 2.26. The molecule has 0 aliphatic rings. The summed E-state index contributed by atoms with van der Waals surface area (Å²) in [4.78, 5) is 0.130. The molecule has 0 bridgehead atoms. The second-order valence-electron chi connectivity index (χ2n) is 5.05. The first-order valence-corrected chi connectivity index (χ1v) is 7.69. The molecule has 1 aromatic rings. The number of nitrogen functional groups attached to an aromatic ring is 1. The molecule has 1 aromatic carbocycles. The maximum absolute atomic E-state index is 12.3. The largest absolute Gasteiger partial charge is 0.397 e. The molecule has 4 N–H and O–H groups in total. The van der Waals surface area contributed by atoms with Crippen LogP contribution < -0.4 is 10.5 Å². The molecule has 0 saturated heterocycles. The van der Waals surface area contributed by atoms with Crippen LogP contribution >= 0.6 is 0 Å². The fraction of sp³-hybridized carbons (Fsp3) is 0.538. The minimum atomic E-state index is -3.68. The van der Waals surface area contributed by atoms with E-state index in [0.717, 1.165) is 5.56 Å². The van der Waals surface area contributed by atoms with Crippen molar-refractivity contribution in [3.63, 3.8) is 0 Å². The van der Waals surface area contributed by atoms with E-state index in [1.165, 1.54) is 0 Å². The predicted molar refractivity (Wildman–Crippen MR) is 76.4 cm³/mol. The lowest BCUT2D eigenvalue weighted by atomic mass is 10.1. The Bertz CT molecular complexity index is 553. The van der Waals surface area contributed by atoms with Crippen molar-refractivity contribution in [3.05, 3.63) is 23.3 Å². The van der Waals surface area contributed by atoms with Crippen molar-refractivity contribution in [3.8, 4) is 0 Å². The summed E-state index contributed by atoms with van der Waals surface area (Å²) in [5, 5.41) is 9.28. The number of rotatable bonds is 5. The SMILES string of the molecule is Cc1ccc(C)c(S(=O)(=O)NC(C)CC(C)O)c1N. The number of nitrogens with one attached hydrogen (secondary N) is 1. The molecule has 0 spiro atoms. The molecule has 0 radical (unpaired) electrons. The molecular formula is C13H22N2O3S. The monoisotopic (exact) mass is 286 g/mol. The molecule has 0 fully saturated rings. The molecule has 0 aliphatic carbocycles. The Morgan fingerprint density at radius 3 is 2.32 bits per heavy atom. The summed E-state index contributed by atoms with van der Waals surface area (Å²) in [6.45, 7) is 6.82. The van der Waals surface area contributed by atoms with Gasteiger partial charge < -0.3 is 10.8 Å². The van der Waals surface area contributed by atoms with Gasteiger partial charge in [-0.05, 0) is 45.2 Å². The first-order valence-electron chi connectivity index (χ1n) is 6.21. The van der Waals surface area contributed by atoms with Crippen LogP contribution in [0.4, 0.5) is 5.69 Å². The number of aliphatic hydroxyl groups excluding tert-OH is 1. The third-order valence-corrected chi connectivity index (χ3v) is 4.72. The third kappa shape index (κ3) is 3.92. The zero-order valence-corrected chi connectivity index (χ0v) is 12.6. The molecule has 0 aromatic heterocycles. The molecule has 2 atom stereocenters.